The highest BCUT2D eigenvalue weighted by Gasteiger charge is 2.31. The van der Waals surface area contributed by atoms with Gasteiger partial charge in [0.15, 0.2) is 0 Å². The smallest absolute Gasteiger partial charge is 0.319 e. The third-order valence-corrected chi connectivity index (χ3v) is 2.05. The Morgan fingerprint density at radius 3 is 2.80 bits per heavy atom. The number of benzene rings is 1. The van der Waals surface area contributed by atoms with Gasteiger partial charge in [0.2, 0.25) is 0 Å². The molecule has 2 rings (SSSR count). The summed E-state index contributed by atoms with van der Waals surface area (Å²) in [7, 11) is 1.91. The number of nitrogens with one attached hydrogen (secondary N) is 1. The molecule has 1 aliphatic rings. The van der Waals surface area contributed by atoms with E-state index in [0.29, 0.717) is 0 Å². The summed E-state index contributed by atoms with van der Waals surface area (Å²) in [6.45, 7) is 0.747. The highest BCUT2D eigenvalue weighted by molar-refractivity contribution is 5.14. The molecule has 0 saturated heterocycles. The van der Waals surface area contributed by atoms with Crippen molar-refractivity contribution in [2.24, 2.45) is 5.73 Å². The van der Waals surface area contributed by atoms with E-state index in [9.17, 15) is 0 Å². The quantitative estimate of drug-likeness (QED) is 0.697. The predicted molar refractivity (Wildman–Crippen MR) is 54.9 cm³/mol. The molecule has 1 aromatic rings. The summed E-state index contributed by atoms with van der Waals surface area (Å²) in [5, 5.41) is 3.47. The molecule has 0 saturated carbocycles. The van der Waals surface area contributed by atoms with Crippen molar-refractivity contribution in [3.63, 3.8) is 0 Å². The predicted octanol–water partition coefficient (Wildman–Crippen LogP) is 0.346. The van der Waals surface area contributed by atoms with Gasteiger partial charge in [-0.25, -0.2) is 0 Å². The van der Waals surface area contributed by atoms with Gasteiger partial charge in [0.05, 0.1) is 0 Å². The van der Waals surface area contributed by atoms with Crippen LogP contribution in [0, 0.1) is 6.20 Å². The Bertz CT molecular complexity index is 352. The average molecular weight is 205 g/mol. The topological polar surface area (TPSA) is 53.8 Å². The minimum absolute atomic E-state index is 0.231. The zero-order chi connectivity index (χ0) is 10.7. The van der Waals surface area contributed by atoms with E-state index in [0.717, 1.165) is 6.54 Å². The van der Waals surface area contributed by atoms with Crippen LogP contribution >= 0.6 is 0 Å². The molecule has 1 aromatic carbocycles. The van der Waals surface area contributed by atoms with Gasteiger partial charge in [0.1, 0.15) is 0 Å². The average Bonchev–Trinajstić information content (AvgIpc) is 2.66. The van der Waals surface area contributed by atoms with Gasteiger partial charge in [0, 0.05) is 24.3 Å². The van der Waals surface area contributed by atoms with E-state index in [-0.39, 0.29) is 5.88 Å². The molecule has 0 aliphatic carbocycles. The third kappa shape index (κ3) is 2.35. The lowest BCUT2D eigenvalue weighted by atomic mass is 10.2. The Morgan fingerprint density at radius 1 is 1.47 bits per heavy atom. The summed E-state index contributed by atoms with van der Waals surface area (Å²) in [6, 6.07) is 10.1. The van der Waals surface area contributed by atoms with Crippen LogP contribution in [0.4, 0.5) is 0 Å². The Morgan fingerprint density at radius 2 is 2.20 bits per heavy atom. The summed E-state index contributed by atoms with van der Waals surface area (Å²) >= 11 is 0. The summed E-state index contributed by atoms with van der Waals surface area (Å²) in [6.07, 6.45) is 2.79. The molecule has 3 N–H and O–H groups in total. The van der Waals surface area contributed by atoms with Gasteiger partial charge in [-0.1, -0.05) is 30.3 Å². The highest BCUT2D eigenvalue weighted by Crippen LogP contribution is 2.07. The van der Waals surface area contributed by atoms with Crippen molar-refractivity contribution in [2.75, 3.05) is 7.05 Å². The first-order valence-corrected chi connectivity index (χ1v) is 4.62. The zero-order valence-electron chi connectivity index (χ0n) is 8.47. The van der Waals surface area contributed by atoms with Crippen molar-refractivity contribution >= 4 is 0 Å². The van der Waals surface area contributed by atoms with Crippen LogP contribution in [-0.2, 0) is 11.4 Å². The first-order chi connectivity index (χ1) is 7.25. The number of hydrogen-bond donors (Lipinski definition) is 2. The van der Waals surface area contributed by atoms with Gasteiger partial charge in [-0.3, -0.25) is 0 Å². The molecule has 1 heterocycles. The van der Waals surface area contributed by atoms with Gasteiger partial charge in [0.25, 0.3) is 0 Å². The minimum atomic E-state index is 0.231. The van der Waals surface area contributed by atoms with E-state index in [4.69, 9.17) is 10.6 Å². The Kier molecular flexibility index (Phi) is 2.69. The van der Waals surface area contributed by atoms with Crippen molar-refractivity contribution in [1.29, 1.82) is 0 Å². The summed E-state index contributed by atoms with van der Waals surface area (Å²) in [5.74, 6) is 0.231. The molecule has 0 spiro atoms. The van der Waals surface area contributed by atoms with Crippen LogP contribution in [0.3, 0.4) is 0 Å². The largest absolute Gasteiger partial charge is 0.496 e. The standard InChI is InChI=1S/C10H13N4O/c1-13(14-8-10(11)15-12-14)7-9-5-3-2-4-6-9/h2-6,12H,7,11H2,1H3/q+1. The van der Waals surface area contributed by atoms with Crippen LogP contribution < -0.4 is 11.3 Å². The fourth-order valence-electron chi connectivity index (χ4n) is 1.32. The molecule has 0 atom stereocenters. The second-order valence-corrected chi connectivity index (χ2v) is 3.28. The molecule has 78 valence electrons. The molecule has 15 heavy (non-hydrogen) atoms. The fourth-order valence-corrected chi connectivity index (χ4v) is 1.32. The van der Waals surface area contributed by atoms with Crippen LogP contribution in [0.1, 0.15) is 5.56 Å². The first-order valence-electron chi connectivity index (χ1n) is 4.62. The van der Waals surface area contributed by atoms with Crippen LogP contribution in [0.2, 0.25) is 0 Å². The molecule has 0 unspecified atom stereocenters. The Balaban J connectivity index is 1.96. The molecule has 5 nitrogen and oxygen atoms in total. The van der Waals surface area contributed by atoms with E-state index in [1.807, 2.05) is 30.3 Å². The minimum Gasteiger partial charge on any atom is -0.319 e. The van der Waals surface area contributed by atoms with Crippen molar-refractivity contribution in [3.05, 3.63) is 48.0 Å². The fraction of sp³-hybridized carbons (Fsp3) is 0.200. The molecule has 0 aromatic heterocycles. The van der Waals surface area contributed by atoms with Gasteiger partial charge in [-0.05, 0) is 5.56 Å². The van der Waals surface area contributed by atoms with Crippen molar-refractivity contribution in [2.45, 2.75) is 6.54 Å². The second-order valence-electron chi connectivity index (χ2n) is 3.28. The lowest BCUT2D eigenvalue weighted by Gasteiger charge is -2.16. The summed E-state index contributed by atoms with van der Waals surface area (Å²) in [5.41, 5.74) is 9.22. The number of nitrogens with two attached hydrogens (primary N) is 1. The SMILES string of the molecule is CN(Cc1ccccc1)N1[C+]=C(N)ON1. The van der Waals surface area contributed by atoms with E-state index >= 15 is 0 Å². The molecule has 0 amide bonds. The molecule has 5 heteroatoms. The number of rotatable bonds is 3. The zero-order valence-corrected chi connectivity index (χ0v) is 8.47. The van der Waals surface area contributed by atoms with Gasteiger partial charge >= 0.3 is 12.1 Å². The maximum Gasteiger partial charge on any atom is 0.496 e. The second kappa shape index (κ2) is 4.14. The lowest BCUT2D eigenvalue weighted by molar-refractivity contribution is -0.103. The van der Waals surface area contributed by atoms with Gasteiger partial charge in [-0.15, -0.1) is 0 Å². The van der Waals surface area contributed by atoms with E-state index in [1.165, 1.54) is 5.56 Å². The maximum absolute atomic E-state index is 5.41. The van der Waals surface area contributed by atoms with Crippen LogP contribution in [-0.4, -0.2) is 17.2 Å². The maximum atomic E-state index is 5.41. The van der Waals surface area contributed by atoms with E-state index in [1.54, 1.807) is 5.12 Å². The monoisotopic (exact) mass is 205 g/mol. The normalized spacial score (nSPS) is 14.8. The first kappa shape index (κ1) is 9.73. The number of hydrazine groups is 2. The van der Waals surface area contributed by atoms with Crippen LogP contribution in [0.15, 0.2) is 36.2 Å². The highest BCUT2D eigenvalue weighted by atomic mass is 16.7. The molecule has 1 aliphatic heterocycles. The van der Waals surface area contributed by atoms with Gasteiger partial charge < -0.3 is 10.6 Å². The molecule has 0 bridgehead atoms. The molecule has 0 fully saturated rings. The molecular formula is C10H13N4O+. The van der Waals surface area contributed by atoms with Crippen LogP contribution in [0.5, 0.6) is 0 Å². The van der Waals surface area contributed by atoms with Crippen LogP contribution in [0.25, 0.3) is 0 Å². The van der Waals surface area contributed by atoms with Crippen molar-refractivity contribution in [1.82, 2.24) is 15.7 Å². The number of hydrogen-bond acceptors (Lipinski definition) is 5. The van der Waals surface area contributed by atoms with Crippen molar-refractivity contribution in [3.8, 4) is 0 Å². The van der Waals surface area contributed by atoms with E-state index in [2.05, 4.69) is 23.9 Å². The van der Waals surface area contributed by atoms with E-state index < -0.39 is 0 Å². The van der Waals surface area contributed by atoms with Gasteiger partial charge in [-0.2, -0.15) is 5.01 Å². The molecular weight excluding hydrogens is 192 g/mol. The summed E-state index contributed by atoms with van der Waals surface area (Å²) < 4.78 is 0. The Hall–Kier alpha value is -1.81. The van der Waals surface area contributed by atoms with Crippen molar-refractivity contribution < 1.29 is 4.84 Å². The third-order valence-electron chi connectivity index (χ3n) is 2.05. The molecule has 0 radical (unpaired) electrons. The Labute approximate surface area is 88.6 Å². The number of nitrogens with zero attached hydrogens (tertiary/aromatic N) is 2. The lowest BCUT2D eigenvalue weighted by Crippen LogP contribution is -2.41. The summed E-state index contributed by atoms with van der Waals surface area (Å²) in [4.78, 5) is 4.84.